The Morgan fingerprint density at radius 1 is 1.00 bits per heavy atom. The van der Waals surface area contributed by atoms with E-state index < -0.39 is 0 Å². The van der Waals surface area contributed by atoms with E-state index in [1.165, 1.54) is 0 Å². The molecule has 0 radical (unpaired) electrons. The van der Waals surface area contributed by atoms with E-state index in [0.29, 0.717) is 25.9 Å². The van der Waals surface area contributed by atoms with Crippen molar-refractivity contribution < 1.29 is 9.59 Å². The predicted octanol–water partition coefficient (Wildman–Crippen LogP) is 1.85. The second kappa shape index (κ2) is 8.34. The third-order valence-electron chi connectivity index (χ3n) is 5.45. The third kappa shape index (κ3) is 4.23. The molecule has 2 heterocycles. The molecule has 0 bridgehead atoms. The minimum atomic E-state index is -0.162. The van der Waals surface area contributed by atoms with Gasteiger partial charge in [0, 0.05) is 19.1 Å². The number of carbonyl (C=O) groups excluding carboxylic acids is 2. The minimum Gasteiger partial charge on any atom is -0.347 e. The monoisotopic (exact) mass is 392 g/mol. The Labute approximate surface area is 168 Å². The summed E-state index contributed by atoms with van der Waals surface area (Å²) < 4.78 is 1.80. The molecule has 1 aromatic heterocycles. The molecule has 0 unspecified atom stereocenters. The number of piperidine rings is 1. The van der Waals surface area contributed by atoms with Gasteiger partial charge < -0.3 is 15.2 Å². The summed E-state index contributed by atoms with van der Waals surface area (Å²) in [5.74, 6) is -0.249. The molecule has 1 aliphatic rings. The van der Waals surface area contributed by atoms with E-state index in [-0.39, 0.29) is 36.5 Å². The van der Waals surface area contributed by atoms with Gasteiger partial charge in [-0.2, -0.15) is 0 Å². The standard InChI is InChI=1S/C22H24N4O3/c27-20(14-16-6-2-1-3-7-16)23-15-21(28)25-12-10-17(11-13-25)26-19-9-5-4-8-18(19)24-22(26)29/h1-9,17H,10-15H2,(H,23,27)(H,24,29). The fourth-order valence-electron chi connectivity index (χ4n) is 3.94. The smallest absolute Gasteiger partial charge is 0.326 e. The number of aromatic nitrogens is 2. The van der Waals surface area contributed by atoms with Gasteiger partial charge in [-0.3, -0.25) is 14.2 Å². The number of imidazole rings is 1. The van der Waals surface area contributed by atoms with Crippen LogP contribution in [0.5, 0.6) is 0 Å². The largest absolute Gasteiger partial charge is 0.347 e. The van der Waals surface area contributed by atoms with Crippen LogP contribution >= 0.6 is 0 Å². The number of nitrogens with one attached hydrogen (secondary N) is 2. The highest BCUT2D eigenvalue weighted by molar-refractivity contribution is 5.85. The van der Waals surface area contributed by atoms with Crippen LogP contribution in [0.25, 0.3) is 11.0 Å². The quantitative estimate of drug-likeness (QED) is 0.695. The van der Waals surface area contributed by atoms with Crippen molar-refractivity contribution >= 4 is 22.8 Å². The molecule has 150 valence electrons. The summed E-state index contributed by atoms with van der Waals surface area (Å²) in [7, 11) is 0. The van der Waals surface area contributed by atoms with Crippen LogP contribution < -0.4 is 11.0 Å². The number of fused-ring (bicyclic) bond motifs is 1. The first-order valence-corrected chi connectivity index (χ1v) is 9.89. The number of hydrogen-bond donors (Lipinski definition) is 2. The van der Waals surface area contributed by atoms with Crippen LogP contribution in [0.1, 0.15) is 24.4 Å². The summed E-state index contributed by atoms with van der Waals surface area (Å²) >= 11 is 0. The first-order valence-electron chi connectivity index (χ1n) is 9.89. The van der Waals surface area contributed by atoms with Crippen molar-refractivity contribution in [3.63, 3.8) is 0 Å². The number of aromatic amines is 1. The molecule has 29 heavy (non-hydrogen) atoms. The molecule has 7 heteroatoms. The van der Waals surface area contributed by atoms with Crippen LogP contribution in [-0.4, -0.2) is 45.9 Å². The Bertz CT molecular complexity index is 1060. The summed E-state index contributed by atoms with van der Waals surface area (Å²) in [6, 6.07) is 17.2. The van der Waals surface area contributed by atoms with E-state index in [9.17, 15) is 14.4 Å². The van der Waals surface area contributed by atoms with E-state index in [2.05, 4.69) is 10.3 Å². The summed E-state index contributed by atoms with van der Waals surface area (Å²) in [6.07, 6.45) is 1.69. The highest BCUT2D eigenvalue weighted by Crippen LogP contribution is 2.24. The lowest BCUT2D eigenvalue weighted by Gasteiger charge is -2.32. The van der Waals surface area contributed by atoms with Gasteiger partial charge in [0.05, 0.1) is 24.0 Å². The van der Waals surface area contributed by atoms with Crippen LogP contribution in [0, 0.1) is 0 Å². The van der Waals surface area contributed by atoms with Gasteiger partial charge in [0.25, 0.3) is 0 Å². The Kier molecular flexibility index (Phi) is 5.46. The summed E-state index contributed by atoms with van der Waals surface area (Å²) in [4.78, 5) is 41.5. The highest BCUT2D eigenvalue weighted by atomic mass is 16.2. The Morgan fingerprint density at radius 2 is 1.69 bits per heavy atom. The lowest BCUT2D eigenvalue weighted by atomic mass is 10.0. The summed E-state index contributed by atoms with van der Waals surface area (Å²) in [5, 5.41) is 2.71. The van der Waals surface area contributed by atoms with Gasteiger partial charge in [0.2, 0.25) is 11.8 Å². The molecule has 0 saturated carbocycles. The molecular weight excluding hydrogens is 368 g/mol. The second-order valence-electron chi connectivity index (χ2n) is 7.37. The van der Waals surface area contributed by atoms with Gasteiger partial charge in [0.1, 0.15) is 0 Å². The van der Waals surface area contributed by atoms with E-state index in [0.717, 1.165) is 16.6 Å². The maximum Gasteiger partial charge on any atom is 0.326 e. The van der Waals surface area contributed by atoms with E-state index in [4.69, 9.17) is 0 Å². The second-order valence-corrected chi connectivity index (χ2v) is 7.37. The molecular formula is C22H24N4O3. The molecule has 3 aromatic rings. The fourth-order valence-corrected chi connectivity index (χ4v) is 3.94. The number of amides is 2. The zero-order valence-electron chi connectivity index (χ0n) is 16.1. The minimum absolute atomic E-state index is 0.00334. The van der Waals surface area contributed by atoms with Crippen molar-refractivity contribution in [3.05, 3.63) is 70.6 Å². The Morgan fingerprint density at radius 3 is 2.45 bits per heavy atom. The molecule has 0 aliphatic carbocycles. The molecule has 2 N–H and O–H groups in total. The predicted molar refractivity (Wildman–Crippen MR) is 111 cm³/mol. The Hall–Kier alpha value is -3.35. The number of H-pyrrole nitrogens is 1. The van der Waals surface area contributed by atoms with E-state index in [1.807, 2.05) is 54.6 Å². The van der Waals surface area contributed by atoms with E-state index in [1.54, 1.807) is 9.47 Å². The van der Waals surface area contributed by atoms with Crippen LogP contribution in [0.3, 0.4) is 0 Å². The summed E-state index contributed by atoms with van der Waals surface area (Å²) in [5.41, 5.74) is 2.54. The van der Waals surface area contributed by atoms with Gasteiger partial charge in [0.15, 0.2) is 0 Å². The fraction of sp³-hybridized carbons (Fsp3) is 0.318. The molecule has 1 aliphatic heterocycles. The van der Waals surface area contributed by atoms with Crippen molar-refractivity contribution in [2.45, 2.75) is 25.3 Å². The van der Waals surface area contributed by atoms with Crippen LogP contribution in [0.2, 0.25) is 0 Å². The molecule has 7 nitrogen and oxygen atoms in total. The first kappa shape index (κ1) is 19.0. The molecule has 0 spiro atoms. The van der Waals surface area contributed by atoms with Gasteiger partial charge in [-0.05, 0) is 30.5 Å². The van der Waals surface area contributed by atoms with Crippen LogP contribution in [0.15, 0.2) is 59.4 Å². The molecule has 2 amide bonds. The number of likely N-dealkylation sites (tertiary alicyclic amines) is 1. The molecule has 0 atom stereocenters. The number of benzene rings is 2. The average molecular weight is 392 g/mol. The van der Waals surface area contributed by atoms with Gasteiger partial charge >= 0.3 is 5.69 Å². The molecule has 2 aromatic carbocycles. The maximum absolute atomic E-state index is 12.5. The SMILES string of the molecule is O=C(Cc1ccccc1)NCC(=O)N1CCC(n2c(=O)[nH]c3ccccc32)CC1. The summed E-state index contributed by atoms with van der Waals surface area (Å²) in [6.45, 7) is 1.15. The molecule has 1 fully saturated rings. The molecule has 4 rings (SSSR count). The van der Waals surface area contributed by atoms with Gasteiger partial charge in [-0.25, -0.2) is 4.79 Å². The number of rotatable bonds is 5. The van der Waals surface area contributed by atoms with Crippen molar-refractivity contribution in [2.75, 3.05) is 19.6 Å². The zero-order valence-corrected chi connectivity index (χ0v) is 16.1. The van der Waals surface area contributed by atoms with Gasteiger partial charge in [-0.15, -0.1) is 0 Å². The van der Waals surface area contributed by atoms with Crippen molar-refractivity contribution in [3.8, 4) is 0 Å². The van der Waals surface area contributed by atoms with Crippen molar-refractivity contribution in [1.29, 1.82) is 0 Å². The lowest BCUT2D eigenvalue weighted by Crippen LogP contribution is -2.45. The first-order chi connectivity index (χ1) is 14.1. The van der Waals surface area contributed by atoms with Crippen molar-refractivity contribution in [2.24, 2.45) is 0 Å². The van der Waals surface area contributed by atoms with Crippen molar-refractivity contribution in [1.82, 2.24) is 19.8 Å². The average Bonchev–Trinajstić information content (AvgIpc) is 3.08. The topological polar surface area (TPSA) is 87.2 Å². The Balaban J connectivity index is 1.30. The molecule has 1 saturated heterocycles. The third-order valence-corrected chi connectivity index (χ3v) is 5.45. The highest BCUT2D eigenvalue weighted by Gasteiger charge is 2.26. The van der Waals surface area contributed by atoms with Crippen LogP contribution in [-0.2, 0) is 16.0 Å². The lowest BCUT2D eigenvalue weighted by molar-refractivity contribution is -0.133. The normalized spacial score (nSPS) is 14.8. The zero-order chi connectivity index (χ0) is 20.2. The maximum atomic E-state index is 12.5. The number of nitrogens with zero attached hydrogens (tertiary/aromatic N) is 2. The van der Waals surface area contributed by atoms with E-state index >= 15 is 0 Å². The number of para-hydroxylation sites is 2. The number of carbonyl (C=O) groups is 2. The van der Waals surface area contributed by atoms with Gasteiger partial charge in [-0.1, -0.05) is 42.5 Å². The number of hydrogen-bond acceptors (Lipinski definition) is 3. The van der Waals surface area contributed by atoms with Crippen LogP contribution in [0.4, 0.5) is 0 Å².